The maximum Gasteiger partial charge on any atom is 0.257 e. The molecule has 2 aromatic rings. The topological polar surface area (TPSA) is 88.3 Å². The van der Waals surface area contributed by atoms with Gasteiger partial charge < -0.3 is 14.6 Å². The number of hydrogen-bond donors (Lipinski definition) is 1. The lowest BCUT2D eigenvalue weighted by atomic mass is 9.95. The summed E-state index contributed by atoms with van der Waals surface area (Å²) < 4.78 is 4.96. The van der Waals surface area contributed by atoms with Crippen LogP contribution in [0.3, 0.4) is 0 Å². The number of furan rings is 1. The highest BCUT2D eigenvalue weighted by Crippen LogP contribution is 2.23. The van der Waals surface area contributed by atoms with E-state index < -0.39 is 0 Å². The summed E-state index contributed by atoms with van der Waals surface area (Å²) in [4.78, 5) is 26.4. The highest BCUT2D eigenvalue weighted by Gasteiger charge is 2.28. The average molecular weight is 362 g/mol. The summed E-state index contributed by atoms with van der Waals surface area (Å²) >= 11 is 1.44. The minimum Gasteiger partial charge on any atom is -0.472 e. The molecular weight excluding hydrogens is 340 g/mol. The second-order valence-corrected chi connectivity index (χ2v) is 7.23. The van der Waals surface area contributed by atoms with Gasteiger partial charge in [0.1, 0.15) is 11.3 Å². The molecule has 1 aliphatic rings. The SMILES string of the molecule is CCCCc1nnc(NC(=O)C2CCN(C(=O)c3ccoc3)CC2)s1. The minimum atomic E-state index is -0.101. The second kappa shape index (κ2) is 8.24. The molecular formula is C17H22N4O3S. The normalized spacial score (nSPS) is 15.3. The Morgan fingerprint density at radius 3 is 2.84 bits per heavy atom. The van der Waals surface area contributed by atoms with Crippen molar-refractivity contribution in [1.82, 2.24) is 15.1 Å². The molecule has 7 nitrogen and oxygen atoms in total. The third kappa shape index (κ3) is 4.45. The van der Waals surface area contributed by atoms with Gasteiger partial charge in [-0.1, -0.05) is 24.7 Å². The Hall–Kier alpha value is -2.22. The number of carbonyl (C=O) groups excluding carboxylic acids is 2. The highest BCUT2D eigenvalue weighted by molar-refractivity contribution is 7.15. The van der Waals surface area contributed by atoms with Crippen LogP contribution in [0.4, 0.5) is 5.13 Å². The number of hydrogen-bond acceptors (Lipinski definition) is 6. The summed E-state index contributed by atoms with van der Waals surface area (Å²) in [7, 11) is 0. The molecule has 0 aliphatic carbocycles. The van der Waals surface area contributed by atoms with Crippen molar-refractivity contribution in [3.05, 3.63) is 29.2 Å². The number of piperidine rings is 1. The number of nitrogens with one attached hydrogen (secondary N) is 1. The molecule has 8 heteroatoms. The van der Waals surface area contributed by atoms with Crippen LogP contribution in [-0.4, -0.2) is 40.0 Å². The molecule has 0 radical (unpaired) electrons. The average Bonchev–Trinajstić information content (AvgIpc) is 3.31. The van der Waals surface area contributed by atoms with Gasteiger partial charge in [0.2, 0.25) is 11.0 Å². The number of amides is 2. The molecule has 25 heavy (non-hydrogen) atoms. The van der Waals surface area contributed by atoms with Crippen molar-refractivity contribution in [3.8, 4) is 0 Å². The number of nitrogens with zero attached hydrogens (tertiary/aromatic N) is 3. The van der Waals surface area contributed by atoms with Crippen LogP contribution in [0.1, 0.15) is 48.0 Å². The summed E-state index contributed by atoms with van der Waals surface area (Å²) in [5.74, 6) is -0.178. The van der Waals surface area contributed by atoms with Crippen molar-refractivity contribution in [3.63, 3.8) is 0 Å². The molecule has 2 aromatic heterocycles. The molecule has 134 valence electrons. The smallest absolute Gasteiger partial charge is 0.257 e. The number of carbonyl (C=O) groups is 2. The van der Waals surface area contributed by atoms with Crippen molar-refractivity contribution in [2.45, 2.75) is 39.0 Å². The number of aryl methyl sites for hydroxylation is 1. The number of anilines is 1. The van der Waals surface area contributed by atoms with Gasteiger partial charge in [-0.25, -0.2) is 0 Å². The number of unbranched alkanes of at least 4 members (excludes halogenated alkanes) is 1. The highest BCUT2D eigenvalue weighted by atomic mass is 32.1. The summed E-state index contributed by atoms with van der Waals surface area (Å²) in [6.07, 6.45) is 7.33. The molecule has 0 spiro atoms. The zero-order chi connectivity index (χ0) is 17.6. The van der Waals surface area contributed by atoms with Gasteiger partial charge in [-0.05, 0) is 25.3 Å². The number of likely N-dealkylation sites (tertiary alicyclic amines) is 1. The van der Waals surface area contributed by atoms with Crippen molar-refractivity contribution >= 4 is 28.3 Å². The molecule has 2 amide bonds. The summed E-state index contributed by atoms with van der Waals surface area (Å²) in [6, 6.07) is 1.66. The lowest BCUT2D eigenvalue weighted by Crippen LogP contribution is -2.41. The van der Waals surface area contributed by atoms with Gasteiger partial charge in [0, 0.05) is 25.4 Å². The fourth-order valence-electron chi connectivity index (χ4n) is 2.85. The minimum absolute atomic E-state index is 0.0337. The Kier molecular flexibility index (Phi) is 5.80. The van der Waals surface area contributed by atoms with Crippen LogP contribution in [0.5, 0.6) is 0 Å². The fourth-order valence-corrected chi connectivity index (χ4v) is 3.64. The third-order valence-electron chi connectivity index (χ3n) is 4.36. The Morgan fingerprint density at radius 1 is 1.36 bits per heavy atom. The molecule has 1 fully saturated rings. The lowest BCUT2D eigenvalue weighted by molar-refractivity contribution is -0.121. The van der Waals surface area contributed by atoms with E-state index in [2.05, 4.69) is 22.4 Å². The first-order chi connectivity index (χ1) is 12.2. The van der Waals surface area contributed by atoms with E-state index in [1.165, 1.54) is 23.9 Å². The predicted octanol–water partition coefficient (Wildman–Crippen LogP) is 2.96. The zero-order valence-electron chi connectivity index (χ0n) is 14.2. The molecule has 1 aliphatic heterocycles. The maximum atomic E-state index is 12.4. The molecule has 0 unspecified atom stereocenters. The first kappa shape index (κ1) is 17.6. The quantitative estimate of drug-likeness (QED) is 0.853. The van der Waals surface area contributed by atoms with Crippen molar-refractivity contribution in [2.75, 3.05) is 18.4 Å². The van der Waals surface area contributed by atoms with Gasteiger partial charge in [0.25, 0.3) is 5.91 Å². The van der Waals surface area contributed by atoms with Crippen LogP contribution in [0, 0.1) is 5.92 Å². The molecule has 0 aromatic carbocycles. The van der Waals surface area contributed by atoms with Gasteiger partial charge in [0.15, 0.2) is 0 Å². The molecule has 3 heterocycles. The van der Waals surface area contributed by atoms with E-state index in [4.69, 9.17) is 4.42 Å². The monoisotopic (exact) mass is 362 g/mol. The number of aromatic nitrogens is 2. The van der Waals surface area contributed by atoms with Gasteiger partial charge in [-0.2, -0.15) is 0 Å². The van der Waals surface area contributed by atoms with Crippen molar-refractivity contribution in [2.24, 2.45) is 5.92 Å². The van der Waals surface area contributed by atoms with Crippen LogP contribution in [-0.2, 0) is 11.2 Å². The van der Waals surface area contributed by atoms with E-state index in [0.29, 0.717) is 36.6 Å². The Labute approximate surface area is 150 Å². The van der Waals surface area contributed by atoms with Gasteiger partial charge in [-0.3, -0.25) is 9.59 Å². The Balaban J connectivity index is 1.48. The lowest BCUT2D eigenvalue weighted by Gasteiger charge is -2.30. The molecule has 1 N–H and O–H groups in total. The largest absolute Gasteiger partial charge is 0.472 e. The van der Waals surface area contributed by atoms with Crippen LogP contribution in [0.15, 0.2) is 23.0 Å². The van der Waals surface area contributed by atoms with Gasteiger partial charge >= 0.3 is 0 Å². The molecule has 3 rings (SSSR count). The van der Waals surface area contributed by atoms with E-state index in [0.717, 1.165) is 24.3 Å². The first-order valence-electron chi connectivity index (χ1n) is 8.62. The molecule has 0 saturated carbocycles. The summed E-state index contributed by atoms with van der Waals surface area (Å²) in [5.41, 5.74) is 0.552. The predicted molar refractivity (Wildman–Crippen MR) is 94.5 cm³/mol. The summed E-state index contributed by atoms with van der Waals surface area (Å²) in [5, 5.41) is 12.5. The molecule has 1 saturated heterocycles. The van der Waals surface area contributed by atoms with E-state index in [1.54, 1.807) is 11.0 Å². The fraction of sp³-hybridized carbons (Fsp3) is 0.529. The molecule has 0 atom stereocenters. The van der Waals surface area contributed by atoms with Crippen molar-refractivity contribution in [1.29, 1.82) is 0 Å². The Bertz CT molecular complexity index is 705. The maximum absolute atomic E-state index is 12.4. The summed E-state index contributed by atoms with van der Waals surface area (Å²) in [6.45, 7) is 3.27. The van der Waals surface area contributed by atoms with Crippen LogP contribution >= 0.6 is 11.3 Å². The molecule has 0 bridgehead atoms. The van der Waals surface area contributed by atoms with Gasteiger partial charge in [-0.15, -0.1) is 10.2 Å². The van der Waals surface area contributed by atoms with Crippen LogP contribution < -0.4 is 5.32 Å². The zero-order valence-corrected chi connectivity index (χ0v) is 15.1. The number of rotatable bonds is 6. The van der Waals surface area contributed by atoms with Crippen LogP contribution in [0.2, 0.25) is 0 Å². The third-order valence-corrected chi connectivity index (χ3v) is 5.26. The first-order valence-corrected chi connectivity index (χ1v) is 9.43. The standard InChI is InChI=1S/C17H22N4O3S/c1-2-3-4-14-19-20-17(25-14)18-15(22)12-5-8-21(9-6-12)16(23)13-7-10-24-11-13/h7,10-12H,2-6,8-9H2,1H3,(H,18,20,22). The van der Waals surface area contributed by atoms with E-state index in [-0.39, 0.29) is 17.7 Å². The van der Waals surface area contributed by atoms with E-state index in [1.807, 2.05) is 0 Å². The van der Waals surface area contributed by atoms with E-state index >= 15 is 0 Å². The second-order valence-electron chi connectivity index (χ2n) is 6.17. The Morgan fingerprint density at radius 2 is 2.16 bits per heavy atom. The van der Waals surface area contributed by atoms with Gasteiger partial charge in [0.05, 0.1) is 11.8 Å². The van der Waals surface area contributed by atoms with Crippen molar-refractivity contribution < 1.29 is 14.0 Å². The van der Waals surface area contributed by atoms with Crippen LogP contribution in [0.25, 0.3) is 0 Å². The van der Waals surface area contributed by atoms with E-state index in [9.17, 15) is 9.59 Å².